The second-order valence-electron chi connectivity index (χ2n) is 4.88. The Balaban J connectivity index is 2.97. The molecule has 0 aromatic heterocycles. The zero-order chi connectivity index (χ0) is 10.1. The van der Waals surface area contributed by atoms with Crippen LogP contribution in [0.5, 0.6) is 0 Å². The van der Waals surface area contributed by atoms with E-state index in [2.05, 4.69) is 27.7 Å². The van der Waals surface area contributed by atoms with Crippen LogP contribution in [0.2, 0.25) is 0 Å². The fourth-order valence-electron chi connectivity index (χ4n) is 2.52. The molecular formula is C12H22O. The van der Waals surface area contributed by atoms with Crippen molar-refractivity contribution in [1.82, 2.24) is 0 Å². The van der Waals surface area contributed by atoms with Gasteiger partial charge in [-0.2, -0.15) is 0 Å². The molecule has 76 valence electrons. The van der Waals surface area contributed by atoms with Gasteiger partial charge in [0.1, 0.15) is 0 Å². The van der Waals surface area contributed by atoms with E-state index in [1.807, 2.05) is 0 Å². The number of rotatable bonds is 2. The smallest absolute Gasteiger partial charge is 0.0501 e. The van der Waals surface area contributed by atoms with Crippen molar-refractivity contribution in [2.24, 2.45) is 11.3 Å². The van der Waals surface area contributed by atoms with E-state index in [1.165, 1.54) is 24.0 Å². The summed E-state index contributed by atoms with van der Waals surface area (Å²) >= 11 is 0. The Morgan fingerprint density at radius 3 is 2.46 bits per heavy atom. The van der Waals surface area contributed by atoms with Gasteiger partial charge in [-0.1, -0.05) is 31.9 Å². The van der Waals surface area contributed by atoms with E-state index in [-0.39, 0.29) is 0 Å². The van der Waals surface area contributed by atoms with Crippen LogP contribution in [0.25, 0.3) is 0 Å². The average molecular weight is 182 g/mol. The quantitative estimate of drug-likeness (QED) is 0.650. The normalized spacial score (nSPS) is 27.9. The third-order valence-electron chi connectivity index (χ3n) is 3.62. The topological polar surface area (TPSA) is 20.2 Å². The predicted octanol–water partition coefficient (Wildman–Crippen LogP) is 3.14. The van der Waals surface area contributed by atoms with Gasteiger partial charge < -0.3 is 5.11 Å². The van der Waals surface area contributed by atoms with E-state index >= 15 is 0 Å². The van der Waals surface area contributed by atoms with Crippen molar-refractivity contribution in [2.45, 2.75) is 47.0 Å². The van der Waals surface area contributed by atoms with Crippen LogP contribution in [0.1, 0.15) is 47.0 Å². The highest BCUT2D eigenvalue weighted by molar-refractivity contribution is 5.21. The molecule has 0 fully saturated rings. The molecule has 1 rings (SSSR count). The zero-order valence-corrected chi connectivity index (χ0v) is 9.35. The third kappa shape index (κ3) is 1.96. The summed E-state index contributed by atoms with van der Waals surface area (Å²) in [6.07, 6.45) is 3.53. The van der Waals surface area contributed by atoms with Crippen LogP contribution in [0.4, 0.5) is 0 Å². The standard InChI is InChI=1S/C12H22O/c1-5-10-9(2)6-7-12(3,4)11(10)8-13/h11,13H,5-8H2,1-4H3. The average Bonchev–Trinajstić information content (AvgIpc) is 2.08. The molecule has 0 aromatic carbocycles. The first kappa shape index (κ1) is 10.8. The number of aliphatic hydroxyl groups excluding tert-OH is 1. The lowest BCUT2D eigenvalue weighted by Crippen LogP contribution is -2.32. The van der Waals surface area contributed by atoms with Crippen LogP contribution >= 0.6 is 0 Å². The van der Waals surface area contributed by atoms with E-state index in [0.717, 1.165) is 6.42 Å². The SMILES string of the molecule is CCC1=C(C)CCC(C)(C)C1CO. The highest BCUT2D eigenvalue weighted by Gasteiger charge is 2.34. The molecule has 0 amide bonds. The molecule has 1 unspecified atom stereocenters. The molecule has 0 aliphatic heterocycles. The van der Waals surface area contributed by atoms with Gasteiger partial charge in [0.2, 0.25) is 0 Å². The molecule has 1 nitrogen and oxygen atoms in total. The van der Waals surface area contributed by atoms with E-state index in [1.54, 1.807) is 0 Å². The lowest BCUT2D eigenvalue weighted by atomic mass is 9.66. The number of aliphatic hydroxyl groups is 1. The van der Waals surface area contributed by atoms with E-state index in [4.69, 9.17) is 0 Å². The summed E-state index contributed by atoms with van der Waals surface area (Å²) in [5.74, 6) is 0.395. The van der Waals surface area contributed by atoms with Gasteiger partial charge in [0.25, 0.3) is 0 Å². The zero-order valence-electron chi connectivity index (χ0n) is 9.35. The molecule has 0 heterocycles. The maximum atomic E-state index is 9.41. The van der Waals surface area contributed by atoms with Crippen LogP contribution in [0.3, 0.4) is 0 Å². The molecule has 1 aliphatic carbocycles. The molecule has 1 heteroatoms. The fraction of sp³-hybridized carbons (Fsp3) is 0.833. The minimum absolute atomic E-state index is 0.291. The van der Waals surface area contributed by atoms with Crippen LogP contribution in [0, 0.1) is 11.3 Å². The molecule has 0 saturated carbocycles. The summed E-state index contributed by atoms with van der Waals surface area (Å²) in [5.41, 5.74) is 3.30. The van der Waals surface area contributed by atoms with Gasteiger partial charge in [0.15, 0.2) is 0 Å². The predicted molar refractivity (Wildman–Crippen MR) is 56.6 cm³/mol. The van der Waals surface area contributed by atoms with Crippen LogP contribution < -0.4 is 0 Å². The molecule has 0 bridgehead atoms. The Labute approximate surface area is 81.9 Å². The Morgan fingerprint density at radius 2 is 2.08 bits per heavy atom. The first-order valence-corrected chi connectivity index (χ1v) is 5.32. The third-order valence-corrected chi connectivity index (χ3v) is 3.62. The molecular weight excluding hydrogens is 160 g/mol. The summed E-state index contributed by atoms with van der Waals surface area (Å²) in [6, 6.07) is 0. The molecule has 1 N–H and O–H groups in total. The second-order valence-corrected chi connectivity index (χ2v) is 4.88. The van der Waals surface area contributed by atoms with Crippen molar-refractivity contribution in [1.29, 1.82) is 0 Å². The van der Waals surface area contributed by atoms with Gasteiger partial charge in [-0.05, 0) is 31.6 Å². The van der Waals surface area contributed by atoms with Gasteiger partial charge in [0, 0.05) is 5.92 Å². The van der Waals surface area contributed by atoms with Crippen molar-refractivity contribution >= 4 is 0 Å². The fourth-order valence-corrected chi connectivity index (χ4v) is 2.52. The molecule has 0 aromatic rings. The van der Waals surface area contributed by atoms with Gasteiger partial charge in [-0.3, -0.25) is 0 Å². The largest absolute Gasteiger partial charge is 0.396 e. The Morgan fingerprint density at radius 1 is 1.46 bits per heavy atom. The molecule has 1 atom stereocenters. The summed E-state index contributed by atoms with van der Waals surface area (Å²) in [5, 5.41) is 9.41. The summed E-state index contributed by atoms with van der Waals surface area (Å²) in [4.78, 5) is 0. The lowest BCUT2D eigenvalue weighted by molar-refractivity contribution is 0.123. The number of hydrogen-bond acceptors (Lipinski definition) is 1. The van der Waals surface area contributed by atoms with Crippen LogP contribution in [-0.4, -0.2) is 11.7 Å². The van der Waals surface area contributed by atoms with Crippen molar-refractivity contribution in [3.63, 3.8) is 0 Å². The van der Waals surface area contributed by atoms with Crippen molar-refractivity contribution in [2.75, 3.05) is 6.61 Å². The van der Waals surface area contributed by atoms with Crippen LogP contribution in [0.15, 0.2) is 11.1 Å². The summed E-state index contributed by atoms with van der Waals surface area (Å²) in [7, 11) is 0. The minimum atomic E-state index is 0.291. The maximum Gasteiger partial charge on any atom is 0.0501 e. The van der Waals surface area contributed by atoms with Crippen LogP contribution in [-0.2, 0) is 0 Å². The van der Waals surface area contributed by atoms with Gasteiger partial charge in [-0.25, -0.2) is 0 Å². The van der Waals surface area contributed by atoms with Gasteiger partial charge in [0.05, 0.1) is 6.61 Å². The van der Waals surface area contributed by atoms with Gasteiger partial charge in [-0.15, -0.1) is 0 Å². The minimum Gasteiger partial charge on any atom is -0.396 e. The maximum absolute atomic E-state index is 9.41. The molecule has 0 saturated heterocycles. The summed E-state index contributed by atoms with van der Waals surface area (Å²) < 4.78 is 0. The summed E-state index contributed by atoms with van der Waals surface area (Å²) in [6.45, 7) is 9.28. The molecule has 13 heavy (non-hydrogen) atoms. The van der Waals surface area contributed by atoms with E-state index < -0.39 is 0 Å². The molecule has 0 spiro atoms. The van der Waals surface area contributed by atoms with Gasteiger partial charge >= 0.3 is 0 Å². The Kier molecular flexibility index (Phi) is 3.18. The van der Waals surface area contributed by atoms with Crippen molar-refractivity contribution in [3.05, 3.63) is 11.1 Å². The number of allylic oxidation sites excluding steroid dienone is 1. The second kappa shape index (κ2) is 3.83. The number of hydrogen-bond donors (Lipinski definition) is 1. The van der Waals surface area contributed by atoms with E-state index in [9.17, 15) is 5.11 Å². The monoisotopic (exact) mass is 182 g/mol. The molecule has 0 radical (unpaired) electrons. The highest BCUT2D eigenvalue weighted by atomic mass is 16.3. The Bertz CT molecular complexity index is 213. The first-order chi connectivity index (χ1) is 6.03. The highest BCUT2D eigenvalue weighted by Crippen LogP contribution is 2.44. The van der Waals surface area contributed by atoms with Crippen molar-refractivity contribution in [3.8, 4) is 0 Å². The van der Waals surface area contributed by atoms with E-state index in [0.29, 0.717) is 17.9 Å². The Hall–Kier alpha value is -0.300. The van der Waals surface area contributed by atoms with Crippen molar-refractivity contribution < 1.29 is 5.11 Å². The molecule has 1 aliphatic rings. The lowest BCUT2D eigenvalue weighted by Gasteiger charge is -2.40. The first-order valence-electron chi connectivity index (χ1n) is 5.32.